The molecule has 2 saturated heterocycles. The second kappa shape index (κ2) is 6.44. The van der Waals surface area contributed by atoms with Gasteiger partial charge in [0, 0.05) is 57.6 Å². The molecule has 0 radical (unpaired) electrons. The van der Waals surface area contributed by atoms with Crippen LogP contribution >= 0.6 is 0 Å². The lowest BCUT2D eigenvalue weighted by molar-refractivity contribution is -0.119. The van der Waals surface area contributed by atoms with Crippen LogP contribution in [0, 0.1) is 5.41 Å². The molecule has 1 aliphatic carbocycles. The third-order valence-corrected chi connectivity index (χ3v) is 5.29. The molecule has 1 saturated carbocycles. The minimum absolute atomic E-state index is 0.123. The van der Waals surface area contributed by atoms with Crippen LogP contribution in [0.15, 0.2) is 4.99 Å². The number of carbonyl (C=O) groups excluding carboxylic acids is 1. The normalized spacial score (nSPS) is 29.3. The fourth-order valence-corrected chi connectivity index (χ4v) is 3.80. The molecule has 0 aromatic heterocycles. The number of amides is 1. The molecular weight excluding hydrogens is 278 g/mol. The first-order valence-corrected chi connectivity index (χ1v) is 8.54. The van der Waals surface area contributed by atoms with Gasteiger partial charge >= 0.3 is 0 Å². The lowest BCUT2D eigenvalue weighted by Gasteiger charge is -2.40. The van der Waals surface area contributed by atoms with Crippen LogP contribution in [-0.2, 0) is 4.79 Å². The fourth-order valence-electron chi connectivity index (χ4n) is 3.80. The third kappa shape index (κ3) is 3.54. The average Bonchev–Trinajstić information content (AvgIpc) is 3.30. The SMILES string of the molecule is CN=C(NCCN(C)C1CC1)N1CCCC2(CNC(=O)C2)C1. The number of carbonyl (C=O) groups is 1. The Hall–Kier alpha value is -1.30. The number of hydrogen-bond donors (Lipinski definition) is 2. The Kier molecular flexibility index (Phi) is 4.57. The molecule has 3 rings (SSSR count). The highest BCUT2D eigenvalue weighted by atomic mass is 16.1. The van der Waals surface area contributed by atoms with Gasteiger partial charge in [-0.1, -0.05) is 0 Å². The highest BCUT2D eigenvalue weighted by Gasteiger charge is 2.42. The first-order valence-electron chi connectivity index (χ1n) is 8.54. The Balaban J connectivity index is 1.50. The molecule has 1 spiro atoms. The van der Waals surface area contributed by atoms with Crippen LogP contribution in [-0.4, -0.2) is 74.5 Å². The predicted octanol–water partition coefficient (Wildman–Crippen LogP) is 0.258. The van der Waals surface area contributed by atoms with Crippen LogP contribution in [0.1, 0.15) is 32.1 Å². The Morgan fingerprint density at radius 1 is 1.55 bits per heavy atom. The maximum atomic E-state index is 11.6. The van der Waals surface area contributed by atoms with E-state index in [0.717, 1.165) is 57.6 Å². The highest BCUT2D eigenvalue weighted by Crippen LogP contribution is 2.35. The van der Waals surface area contributed by atoms with E-state index < -0.39 is 0 Å². The number of hydrogen-bond acceptors (Lipinski definition) is 3. The summed E-state index contributed by atoms with van der Waals surface area (Å²) in [6, 6.07) is 0.803. The Morgan fingerprint density at radius 3 is 3.00 bits per heavy atom. The number of likely N-dealkylation sites (N-methyl/N-ethyl adjacent to an activating group) is 1. The van der Waals surface area contributed by atoms with Crippen molar-refractivity contribution < 1.29 is 4.79 Å². The van der Waals surface area contributed by atoms with E-state index in [4.69, 9.17) is 0 Å². The van der Waals surface area contributed by atoms with Crippen molar-refractivity contribution in [3.63, 3.8) is 0 Å². The molecule has 3 fully saturated rings. The summed E-state index contributed by atoms with van der Waals surface area (Å²) in [6.07, 6.45) is 5.65. The van der Waals surface area contributed by atoms with Gasteiger partial charge in [0.1, 0.15) is 0 Å². The first-order chi connectivity index (χ1) is 10.6. The van der Waals surface area contributed by atoms with E-state index in [0.29, 0.717) is 6.42 Å². The lowest BCUT2D eigenvalue weighted by Crippen LogP contribution is -2.52. The molecule has 2 aliphatic heterocycles. The molecule has 124 valence electrons. The van der Waals surface area contributed by atoms with Gasteiger partial charge in [-0.2, -0.15) is 0 Å². The third-order valence-electron chi connectivity index (χ3n) is 5.29. The van der Waals surface area contributed by atoms with Crippen LogP contribution in [0.5, 0.6) is 0 Å². The number of likely N-dealkylation sites (tertiary alicyclic amines) is 1. The second-order valence-corrected chi connectivity index (χ2v) is 7.16. The molecule has 2 heterocycles. The fraction of sp³-hybridized carbons (Fsp3) is 0.875. The molecule has 1 unspecified atom stereocenters. The monoisotopic (exact) mass is 307 g/mol. The van der Waals surface area contributed by atoms with E-state index in [-0.39, 0.29) is 11.3 Å². The van der Waals surface area contributed by atoms with Crippen LogP contribution in [0.3, 0.4) is 0 Å². The van der Waals surface area contributed by atoms with Gasteiger partial charge in [0.25, 0.3) is 0 Å². The van der Waals surface area contributed by atoms with Crippen molar-refractivity contribution in [2.45, 2.75) is 38.1 Å². The van der Waals surface area contributed by atoms with Gasteiger partial charge in [0.05, 0.1) is 0 Å². The van der Waals surface area contributed by atoms with E-state index in [2.05, 4.69) is 32.5 Å². The summed E-state index contributed by atoms with van der Waals surface area (Å²) in [4.78, 5) is 20.8. The van der Waals surface area contributed by atoms with Crippen LogP contribution < -0.4 is 10.6 Å². The van der Waals surface area contributed by atoms with Crippen LogP contribution in [0.25, 0.3) is 0 Å². The van der Waals surface area contributed by atoms with Crippen molar-refractivity contribution in [3.05, 3.63) is 0 Å². The number of nitrogens with zero attached hydrogens (tertiary/aromatic N) is 3. The van der Waals surface area contributed by atoms with Crippen LogP contribution in [0.4, 0.5) is 0 Å². The number of aliphatic imine (C=N–C) groups is 1. The van der Waals surface area contributed by atoms with Crippen molar-refractivity contribution in [3.8, 4) is 0 Å². The molecule has 1 atom stereocenters. The summed E-state index contributed by atoms with van der Waals surface area (Å²) in [5, 5.41) is 6.50. The van der Waals surface area contributed by atoms with Gasteiger partial charge in [0.2, 0.25) is 5.91 Å². The summed E-state index contributed by atoms with van der Waals surface area (Å²) in [5.74, 6) is 1.19. The average molecular weight is 307 g/mol. The largest absolute Gasteiger partial charge is 0.355 e. The molecule has 6 heteroatoms. The quantitative estimate of drug-likeness (QED) is 0.578. The number of guanidine groups is 1. The molecule has 6 nitrogen and oxygen atoms in total. The summed E-state index contributed by atoms with van der Waals surface area (Å²) < 4.78 is 0. The van der Waals surface area contributed by atoms with Gasteiger partial charge < -0.3 is 20.4 Å². The van der Waals surface area contributed by atoms with Crippen molar-refractivity contribution in [2.24, 2.45) is 10.4 Å². The number of rotatable bonds is 4. The summed E-state index contributed by atoms with van der Waals surface area (Å²) in [6.45, 7) is 4.78. The van der Waals surface area contributed by atoms with Gasteiger partial charge in [0.15, 0.2) is 5.96 Å². The van der Waals surface area contributed by atoms with Gasteiger partial charge in [-0.3, -0.25) is 9.79 Å². The zero-order valence-corrected chi connectivity index (χ0v) is 13.9. The molecular formula is C16H29N5O. The zero-order valence-electron chi connectivity index (χ0n) is 13.9. The molecule has 1 amide bonds. The first kappa shape index (κ1) is 15.6. The molecule has 2 N–H and O–H groups in total. The van der Waals surface area contributed by atoms with E-state index in [1.54, 1.807) is 0 Å². The maximum absolute atomic E-state index is 11.6. The van der Waals surface area contributed by atoms with Gasteiger partial charge in [-0.15, -0.1) is 0 Å². The molecule has 0 bridgehead atoms. The summed E-state index contributed by atoms with van der Waals surface area (Å²) >= 11 is 0. The molecule has 0 aromatic rings. The number of piperidine rings is 1. The van der Waals surface area contributed by atoms with E-state index >= 15 is 0 Å². The Morgan fingerprint density at radius 2 is 2.36 bits per heavy atom. The van der Waals surface area contributed by atoms with Gasteiger partial charge in [-0.05, 0) is 32.7 Å². The van der Waals surface area contributed by atoms with Gasteiger partial charge in [-0.25, -0.2) is 0 Å². The van der Waals surface area contributed by atoms with Crippen molar-refractivity contribution in [2.75, 3.05) is 46.8 Å². The van der Waals surface area contributed by atoms with Crippen LogP contribution in [0.2, 0.25) is 0 Å². The lowest BCUT2D eigenvalue weighted by atomic mass is 9.79. The van der Waals surface area contributed by atoms with E-state index in [9.17, 15) is 4.79 Å². The molecule has 3 aliphatic rings. The highest BCUT2D eigenvalue weighted by molar-refractivity contribution is 5.81. The molecule has 22 heavy (non-hydrogen) atoms. The zero-order chi connectivity index (χ0) is 15.6. The van der Waals surface area contributed by atoms with E-state index in [1.165, 1.54) is 12.8 Å². The summed E-state index contributed by atoms with van der Waals surface area (Å²) in [7, 11) is 4.06. The van der Waals surface area contributed by atoms with Crippen molar-refractivity contribution in [1.29, 1.82) is 0 Å². The van der Waals surface area contributed by atoms with Crippen molar-refractivity contribution in [1.82, 2.24) is 20.4 Å². The number of nitrogens with one attached hydrogen (secondary N) is 2. The van der Waals surface area contributed by atoms with Crippen molar-refractivity contribution >= 4 is 11.9 Å². The minimum atomic E-state index is 0.123. The smallest absolute Gasteiger partial charge is 0.220 e. The second-order valence-electron chi connectivity index (χ2n) is 7.16. The molecule has 0 aromatic carbocycles. The maximum Gasteiger partial charge on any atom is 0.220 e. The topological polar surface area (TPSA) is 60.0 Å². The predicted molar refractivity (Wildman–Crippen MR) is 87.9 cm³/mol. The van der Waals surface area contributed by atoms with E-state index in [1.807, 2.05) is 7.05 Å². The Bertz CT molecular complexity index is 448. The minimum Gasteiger partial charge on any atom is -0.355 e. The summed E-state index contributed by atoms with van der Waals surface area (Å²) in [5.41, 5.74) is 0.123. The standard InChI is InChI=1S/C16H29N5O/c1-17-15(18-7-9-20(2)13-4-5-13)21-8-3-6-16(12-21)10-14(22)19-11-16/h13H,3-12H2,1-2H3,(H,17,18)(H,19,22). The Labute approximate surface area is 133 Å².